The second-order valence-corrected chi connectivity index (χ2v) is 10.9. The molecule has 0 radical (unpaired) electrons. The lowest BCUT2D eigenvalue weighted by Crippen LogP contribution is -1.89. The van der Waals surface area contributed by atoms with Gasteiger partial charge in [0.2, 0.25) is 0 Å². The Hall–Kier alpha value is -2.47. The van der Waals surface area contributed by atoms with Crippen LogP contribution in [0, 0.1) is 20.8 Å². The SMILES string of the molecule is Cc1ccc(-c2cc(-c3cnco3)cc(-c3ccc(C)s3)c2-c2ccc(C)s2)s1. The lowest BCUT2D eigenvalue weighted by Gasteiger charge is -2.15. The number of oxazole rings is 1. The van der Waals surface area contributed by atoms with Crippen LogP contribution in [-0.2, 0) is 0 Å². The molecular formula is C24H19NOS3. The highest BCUT2D eigenvalue weighted by Gasteiger charge is 2.20. The van der Waals surface area contributed by atoms with Crippen molar-refractivity contribution >= 4 is 34.0 Å². The van der Waals surface area contributed by atoms with Crippen LogP contribution in [0.15, 0.2) is 65.5 Å². The number of thiophene rings is 3. The van der Waals surface area contributed by atoms with E-state index in [-0.39, 0.29) is 0 Å². The van der Waals surface area contributed by atoms with E-state index < -0.39 is 0 Å². The maximum Gasteiger partial charge on any atom is 0.181 e. The van der Waals surface area contributed by atoms with E-state index in [1.807, 2.05) is 34.0 Å². The summed E-state index contributed by atoms with van der Waals surface area (Å²) in [4.78, 5) is 11.9. The molecule has 4 aromatic heterocycles. The number of hydrogen-bond donors (Lipinski definition) is 0. The fourth-order valence-corrected chi connectivity index (χ4v) is 6.25. The van der Waals surface area contributed by atoms with Gasteiger partial charge < -0.3 is 4.42 Å². The van der Waals surface area contributed by atoms with Gasteiger partial charge in [0.25, 0.3) is 0 Å². The highest BCUT2D eigenvalue weighted by molar-refractivity contribution is 7.17. The summed E-state index contributed by atoms with van der Waals surface area (Å²) in [6.45, 7) is 6.49. The second kappa shape index (κ2) is 7.41. The van der Waals surface area contributed by atoms with Crippen LogP contribution in [0.4, 0.5) is 0 Å². The summed E-state index contributed by atoms with van der Waals surface area (Å²) in [5.41, 5.74) is 4.86. The zero-order valence-corrected chi connectivity index (χ0v) is 18.8. The Labute approximate surface area is 182 Å². The summed E-state index contributed by atoms with van der Waals surface area (Å²) in [6, 6.07) is 17.8. The minimum Gasteiger partial charge on any atom is -0.444 e. The predicted octanol–water partition coefficient (Wildman–Crippen LogP) is 8.45. The molecule has 0 unspecified atom stereocenters. The van der Waals surface area contributed by atoms with Crippen molar-refractivity contribution in [1.29, 1.82) is 0 Å². The molecule has 5 heteroatoms. The van der Waals surface area contributed by atoms with Crippen LogP contribution in [0.5, 0.6) is 0 Å². The van der Waals surface area contributed by atoms with Crippen molar-refractivity contribution in [2.24, 2.45) is 0 Å². The van der Waals surface area contributed by atoms with Crippen molar-refractivity contribution in [1.82, 2.24) is 4.98 Å². The largest absolute Gasteiger partial charge is 0.444 e. The molecule has 4 heterocycles. The van der Waals surface area contributed by atoms with Crippen LogP contribution in [0.3, 0.4) is 0 Å². The standard InChI is InChI=1S/C24H19NOS3/c1-14-4-7-21(27-14)18-10-17(20-12-25-13-26-20)11-19(22-8-5-15(2)28-22)24(18)23-9-6-16(3)29-23/h4-13H,1-3H3. The molecule has 5 aromatic rings. The van der Waals surface area contributed by atoms with Gasteiger partial charge in [-0.2, -0.15) is 0 Å². The highest BCUT2D eigenvalue weighted by atomic mass is 32.1. The number of benzene rings is 1. The molecule has 0 aliphatic rings. The number of hydrogen-bond acceptors (Lipinski definition) is 5. The van der Waals surface area contributed by atoms with Gasteiger partial charge in [0.15, 0.2) is 12.2 Å². The molecule has 0 amide bonds. The Balaban J connectivity index is 1.87. The molecule has 5 rings (SSSR count). The van der Waals surface area contributed by atoms with Gasteiger partial charge in [0.05, 0.1) is 6.20 Å². The van der Waals surface area contributed by atoms with Crippen LogP contribution >= 0.6 is 34.0 Å². The van der Waals surface area contributed by atoms with Gasteiger partial charge in [-0.3, -0.25) is 0 Å². The Bertz CT molecular complexity index is 1230. The Morgan fingerprint density at radius 3 is 1.62 bits per heavy atom. The maximum absolute atomic E-state index is 5.66. The molecule has 1 aromatic carbocycles. The van der Waals surface area contributed by atoms with Gasteiger partial charge in [0, 0.05) is 51.5 Å². The van der Waals surface area contributed by atoms with Crippen molar-refractivity contribution in [3.63, 3.8) is 0 Å². The second-order valence-electron chi connectivity index (χ2n) is 7.04. The van der Waals surface area contributed by atoms with Crippen molar-refractivity contribution < 1.29 is 4.42 Å². The molecule has 0 aliphatic carbocycles. The first-order valence-electron chi connectivity index (χ1n) is 9.36. The zero-order valence-electron chi connectivity index (χ0n) is 16.4. The van der Waals surface area contributed by atoms with E-state index in [2.05, 4.69) is 74.3 Å². The summed E-state index contributed by atoms with van der Waals surface area (Å²) in [5.74, 6) is 0.794. The molecule has 0 spiro atoms. The van der Waals surface area contributed by atoms with Gasteiger partial charge >= 0.3 is 0 Å². The van der Waals surface area contributed by atoms with E-state index in [4.69, 9.17) is 4.42 Å². The lowest BCUT2D eigenvalue weighted by molar-refractivity contribution is 0.572. The van der Waals surface area contributed by atoms with Crippen LogP contribution in [-0.4, -0.2) is 4.98 Å². The molecule has 0 bridgehead atoms. The quantitative estimate of drug-likeness (QED) is 0.284. The van der Waals surface area contributed by atoms with E-state index >= 15 is 0 Å². The third-order valence-corrected chi connectivity index (χ3v) is 7.94. The van der Waals surface area contributed by atoms with E-state index in [1.54, 1.807) is 6.20 Å². The average molecular weight is 434 g/mol. The molecule has 0 N–H and O–H groups in total. The van der Waals surface area contributed by atoms with E-state index in [0.717, 1.165) is 11.3 Å². The van der Waals surface area contributed by atoms with Crippen molar-refractivity contribution in [3.05, 3.63) is 75.8 Å². The molecule has 0 aliphatic heterocycles. The average Bonchev–Trinajstić information content (AvgIpc) is 3.49. The number of aromatic nitrogens is 1. The third-order valence-electron chi connectivity index (χ3n) is 4.85. The predicted molar refractivity (Wildman–Crippen MR) is 126 cm³/mol. The Morgan fingerprint density at radius 2 is 1.21 bits per heavy atom. The molecular weight excluding hydrogens is 414 g/mol. The summed E-state index contributed by atoms with van der Waals surface area (Å²) in [5, 5.41) is 0. The molecule has 144 valence electrons. The Kier molecular flexibility index (Phi) is 4.74. The smallest absolute Gasteiger partial charge is 0.181 e. The summed E-state index contributed by atoms with van der Waals surface area (Å²) < 4.78 is 5.66. The van der Waals surface area contributed by atoms with Gasteiger partial charge in [0.1, 0.15) is 0 Å². The number of aryl methyl sites for hydroxylation is 3. The van der Waals surface area contributed by atoms with Crippen molar-refractivity contribution in [2.45, 2.75) is 20.8 Å². The number of rotatable bonds is 4. The summed E-state index contributed by atoms with van der Waals surface area (Å²) in [7, 11) is 0. The minimum atomic E-state index is 0.794. The van der Waals surface area contributed by atoms with E-state index in [9.17, 15) is 0 Å². The van der Waals surface area contributed by atoms with E-state index in [1.165, 1.54) is 52.3 Å². The van der Waals surface area contributed by atoms with Crippen LogP contribution in [0.2, 0.25) is 0 Å². The van der Waals surface area contributed by atoms with Crippen LogP contribution < -0.4 is 0 Å². The monoisotopic (exact) mass is 433 g/mol. The van der Waals surface area contributed by atoms with Crippen molar-refractivity contribution in [2.75, 3.05) is 0 Å². The summed E-state index contributed by atoms with van der Waals surface area (Å²) in [6.07, 6.45) is 3.28. The van der Waals surface area contributed by atoms with Crippen LogP contribution in [0.25, 0.3) is 42.6 Å². The highest BCUT2D eigenvalue weighted by Crippen LogP contribution is 2.47. The normalized spacial score (nSPS) is 11.3. The van der Waals surface area contributed by atoms with Gasteiger partial charge in [-0.25, -0.2) is 4.98 Å². The molecule has 0 saturated heterocycles. The zero-order chi connectivity index (χ0) is 20.0. The topological polar surface area (TPSA) is 26.0 Å². The molecule has 0 fully saturated rings. The van der Waals surface area contributed by atoms with E-state index in [0.29, 0.717) is 0 Å². The molecule has 29 heavy (non-hydrogen) atoms. The van der Waals surface area contributed by atoms with Crippen LogP contribution in [0.1, 0.15) is 14.6 Å². The first-order valence-corrected chi connectivity index (χ1v) is 11.8. The number of nitrogens with zero attached hydrogens (tertiary/aromatic N) is 1. The third kappa shape index (κ3) is 3.50. The van der Waals surface area contributed by atoms with Gasteiger partial charge in [-0.05, 0) is 69.3 Å². The van der Waals surface area contributed by atoms with Crippen molar-refractivity contribution in [3.8, 4) is 42.6 Å². The van der Waals surface area contributed by atoms with Gasteiger partial charge in [-0.15, -0.1) is 34.0 Å². The molecule has 0 atom stereocenters. The fraction of sp³-hybridized carbons (Fsp3) is 0.125. The molecule has 2 nitrogen and oxygen atoms in total. The van der Waals surface area contributed by atoms with Gasteiger partial charge in [-0.1, -0.05) is 0 Å². The molecule has 0 saturated carbocycles. The lowest BCUT2D eigenvalue weighted by atomic mass is 9.93. The fourth-order valence-electron chi connectivity index (χ4n) is 3.52. The first-order chi connectivity index (χ1) is 14.1. The minimum absolute atomic E-state index is 0.794. The first kappa shape index (κ1) is 18.6. The Morgan fingerprint density at radius 1 is 0.690 bits per heavy atom. The summed E-state index contributed by atoms with van der Waals surface area (Å²) >= 11 is 5.52. The maximum atomic E-state index is 5.66.